The highest BCUT2D eigenvalue weighted by molar-refractivity contribution is 8.03. The predicted octanol–water partition coefficient (Wildman–Crippen LogP) is 2.73. The van der Waals surface area contributed by atoms with Crippen LogP contribution in [0.2, 0.25) is 0 Å². The van der Waals surface area contributed by atoms with Crippen molar-refractivity contribution in [3.63, 3.8) is 0 Å². The number of hydrogen-bond donors (Lipinski definition) is 3. The van der Waals surface area contributed by atoms with Crippen LogP contribution < -0.4 is 16.4 Å². The van der Waals surface area contributed by atoms with Crippen molar-refractivity contribution < 1.29 is 23.9 Å². The number of thioether (sulfide) groups is 1. The molecule has 8 atom stereocenters. The van der Waals surface area contributed by atoms with Crippen molar-refractivity contribution in [3.05, 3.63) is 47.5 Å². The lowest BCUT2D eigenvalue weighted by atomic mass is 9.90. The first-order valence-electron chi connectivity index (χ1n) is 15.4. The molecule has 0 spiro atoms. The van der Waals surface area contributed by atoms with Gasteiger partial charge in [-0.25, -0.2) is 0 Å². The summed E-state index contributed by atoms with van der Waals surface area (Å²) in [6.45, 7) is 6.48. The average Bonchev–Trinajstić information content (AvgIpc) is 3.74. The number of carbonyl (C=O) groups is 3. The standard InChI is InChI=1S/C32H51N5O5S/c1-7-21(2)29(36(4)28(39)20-33)26(41-5)19-27(38)37-16-11-14-25(37)30(42-6)22(3)31(40)35-24(32-34-15-17-43-32)18-23-12-9-8-10-13-23/h8-10,12-13,15,17,21-22,24-26,29-30,32,34H,7,11,14,16,18-20,33H2,1-6H3,(H,35,40)/t21-,22+,24-,25?,26+,29-,30+,32?/m0/s1. The molecule has 0 bridgehead atoms. The number of likely N-dealkylation sites (tertiary alicyclic amines) is 1. The number of nitrogens with two attached hydrogens (primary N) is 1. The van der Waals surface area contributed by atoms with Crippen LogP contribution in [0.3, 0.4) is 0 Å². The number of rotatable bonds is 16. The van der Waals surface area contributed by atoms with E-state index in [4.69, 9.17) is 15.2 Å². The lowest BCUT2D eigenvalue weighted by Gasteiger charge is -2.39. The first-order valence-corrected chi connectivity index (χ1v) is 16.3. The minimum atomic E-state index is -0.491. The van der Waals surface area contributed by atoms with Gasteiger partial charge < -0.3 is 35.6 Å². The lowest BCUT2D eigenvalue weighted by molar-refractivity contribution is -0.145. The Hall–Kier alpha value is -2.60. The van der Waals surface area contributed by atoms with Gasteiger partial charge in [-0.3, -0.25) is 14.4 Å². The largest absolute Gasteiger partial charge is 0.379 e. The molecule has 1 aromatic carbocycles. The van der Waals surface area contributed by atoms with Gasteiger partial charge in [0.15, 0.2) is 0 Å². The van der Waals surface area contributed by atoms with Gasteiger partial charge >= 0.3 is 0 Å². The van der Waals surface area contributed by atoms with Gasteiger partial charge in [0.25, 0.3) is 0 Å². The maximum Gasteiger partial charge on any atom is 0.236 e. The van der Waals surface area contributed by atoms with Crippen LogP contribution in [0.1, 0.15) is 52.0 Å². The van der Waals surface area contributed by atoms with Crippen LogP contribution >= 0.6 is 11.8 Å². The van der Waals surface area contributed by atoms with Gasteiger partial charge in [0.1, 0.15) is 0 Å². The minimum Gasteiger partial charge on any atom is -0.379 e. The van der Waals surface area contributed by atoms with Crippen molar-refractivity contribution >= 4 is 29.5 Å². The van der Waals surface area contributed by atoms with Crippen LogP contribution in [0, 0.1) is 11.8 Å². The SMILES string of the molecule is CC[C@H](C)[C@@H]([C@@H](CC(=O)N1CCCC1[C@H](OC)[C@@H](C)C(=O)N[C@@H](Cc1ccccc1)C1NC=CS1)OC)N(C)C(=O)CN. The van der Waals surface area contributed by atoms with Crippen LogP contribution in [-0.4, -0.2) is 97.6 Å². The molecule has 2 heterocycles. The first-order chi connectivity index (χ1) is 20.7. The van der Waals surface area contributed by atoms with Gasteiger partial charge in [-0.2, -0.15) is 0 Å². The molecule has 1 fully saturated rings. The fraction of sp³-hybridized carbons (Fsp3) is 0.656. The number of benzene rings is 1. The number of ether oxygens (including phenoxy) is 2. The molecular weight excluding hydrogens is 566 g/mol. The van der Waals surface area contributed by atoms with Gasteiger partial charge in [0.05, 0.1) is 54.6 Å². The Morgan fingerprint density at radius 3 is 2.49 bits per heavy atom. The zero-order valence-corrected chi connectivity index (χ0v) is 27.3. The number of likely N-dealkylation sites (N-methyl/N-ethyl adjacent to an activating group) is 1. The maximum absolute atomic E-state index is 13.8. The van der Waals surface area contributed by atoms with E-state index in [-0.39, 0.29) is 60.1 Å². The van der Waals surface area contributed by atoms with E-state index in [1.54, 1.807) is 37.9 Å². The maximum atomic E-state index is 13.8. The van der Waals surface area contributed by atoms with Crippen molar-refractivity contribution in [3.8, 4) is 0 Å². The molecule has 0 radical (unpaired) electrons. The van der Waals surface area contributed by atoms with Crippen LogP contribution in [0.5, 0.6) is 0 Å². The van der Waals surface area contributed by atoms with Crippen LogP contribution in [0.15, 0.2) is 41.9 Å². The zero-order valence-electron chi connectivity index (χ0n) is 26.5. The van der Waals surface area contributed by atoms with E-state index in [9.17, 15) is 14.4 Å². The van der Waals surface area contributed by atoms with E-state index >= 15 is 0 Å². The van der Waals surface area contributed by atoms with Gasteiger partial charge in [0, 0.05) is 34.0 Å². The highest BCUT2D eigenvalue weighted by Crippen LogP contribution is 2.30. The lowest BCUT2D eigenvalue weighted by Crippen LogP contribution is -2.55. The second-order valence-corrected chi connectivity index (χ2v) is 12.7. The molecule has 1 aromatic rings. The second-order valence-electron chi connectivity index (χ2n) is 11.7. The molecule has 43 heavy (non-hydrogen) atoms. The van der Waals surface area contributed by atoms with Gasteiger partial charge in [-0.05, 0) is 36.2 Å². The average molecular weight is 618 g/mol. The summed E-state index contributed by atoms with van der Waals surface area (Å²) in [5.41, 5.74) is 6.80. The summed E-state index contributed by atoms with van der Waals surface area (Å²) in [7, 11) is 4.92. The van der Waals surface area contributed by atoms with Crippen LogP contribution in [0.4, 0.5) is 0 Å². The molecular formula is C32H51N5O5S. The van der Waals surface area contributed by atoms with Crippen molar-refractivity contribution in [2.24, 2.45) is 17.6 Å². The molecule has 2 aliphatic rings. The summed E-state index contributed by atoms with van der Waals surface area (Å²) in [5, 5.41) is 8.65. The normalized spacial score (nSPS) is 22.3. The highest BCUT2D eigenvalue weighted by Gasteiger charge is 2.42. The minimum absolute atomic E-state index is 0.0237. The number of hydrogen-bond acceptors (Lipinski definition) is 8. The number of nitrogens with one attached hydrogen (secondary N) is 2. The fourth-order valence-electron chi connectivity index (χ4n) is 6.39. The molecule has 11 heteroatoms. The number of methoxy groups -OCH3 is 2. The smallest absolute Gasteiger partial charge is 0.236 e. The van der Waals surface area contributed by atoms with Crippen molar-refractivity contribution in [2.45, 2.75) is 88.6 Å². The van der Waals surface area contributed by atoms with Gasteiger partial charge in [-0.1, -0.05) is 57.5 Å². The Kier molecular flexibility index (Phi) is 13.8. The Balaban J connectivity index is 1.72. The Morgan fingerprint density at radius 1 is 1.19 bits per heavy atom. The predicted molar refractivity (Wildman–Crippen MR) is 171 cm³/mol. The molecule has 2 aliphatic heterocycles. The molecule has 3 rings (SSSR count). The number of amides is 3. The van der Waals surface area contributed by atoms with Crippen molar-refractivity contribution in [1.82, 2.24) is 20.4 Å². The summed E-state index contributed by atoms with van der Waals surface area (Å²) in [6, 6.07) is 9.46. The molecule has 4 N–H and O–H groups in total. The van der Waals surface area contributed by atoms with E-state index < -0.39 is 18.1 Å². The van der Waals surface area contributed by atoms with Gasteiger partial charge in [0.2, 0.25) is 17.7 Å². The third-order valence-electron chi connectivity index (χ3n) is 9.02. The zero-order chi connectivity index (χ0) is 31.5. The number of nitrogens with zero attached hydrogens (tertiary/aromatic N) is 2. The fourth-order valence-corrected chi connectivity index (χ4v) is 7.23. The third-order valence-corrected chi connectivity index (χ3v) is 10.1. The molecule has 0 aromatic heterocycles. The molecule has 2 unspecified atom stereocenters. The molecule has 0 saturated carbocycles. The van der Waals surface area contributed by atoms with E-state index in [0.717, 1.165) is 24.8 Å². The first kappa shape index (κ1) is 34.9. The molecule has 240 valence electrons. The van der Waals surface area contributed by atoms with Gasteiger partial charge in [-0.15, -0.1) is 11.8 Å². The quantitative estimate of drug-likeness (QED) is 0.259. The van der Waals surface area contributed by atoms with Crippen molar-refractivity contribution in [2.75, 3.05) is 34.4 Å². The summed E-state index contributed by atoms with van der Waals surface area (Å²) in [6.07, 6.45) is 4.15. The molecule has 10 nitrogen and oxygen atoms in total. The topological polar surface area (TPSA) is 126 Å². The molecule has 3 amide bonds. The second kappa shape index (κ2) is 17.0. The Labute approximate surface area is 261 Å². The Bertz CT molecular complexity index is 1070. The van der Waals surface area contributed by atoms with Crippen LogP contribution in [-0.2, 0) is 30.3 Å². The van der Waals surface area contributed by atoms with E-state index in [1.165, 1.54) is 0 Å². The molecule has 0 aliphatic carbocycles. The van der Waals surface area contributed by atoms with E-state index in [1.807, 2.05) is 41.6 Å². The Morgan fingerprint density at radius 2 is 1.91 bits per heavy atom. The van der Waals surface area contributed by atoms with E-state index in [2.05, 4.69) is 36.6 Å². The number of carbonyl (C=O) groups excluding carboxylic acids is 3. The third kappa shape index (κ3) is 8.97. The molecule has 1 saturated heterocycles. The monoisotopic (exact) mass is 617 g/mol. The summed E-state index contributed by atoms with van der Waals surface area (Å²) in [5.74, 6) is -0.735. The highest BCUT2D eigenvalue weighted by atomic mass is 32.2. The van der Waals surface area contributed by atoms with Crippen molar-refractivity contribution in [1.29, 1.82) is 0 Å². The van der Waals surface area contributed by atoms with E-state index in [0.29, 0.717) is 13.0 Å². The van der Waals surface area contributed by atoms with Crippen LogP contribution in [0.25, 0.3) is 0 Å². The summed E-state index contributed by atoms with van der Waals surface area (Å²) >= 11 is 1.65. The summed E-state index contributed by atoms with van der Waals surface area (Å²) in [4.78, 5) is 43.5. The summed E-state index contributed by atoms with van der Waals surface area (Å²) < 4.78 is 11.8.